The molecule has 0 atom stereocenters. The number of likely N-dealkylation sites (tertiary alicyclic amines) is 1. The van der Waals surface area contributed by atoms with E-state index in [-0.39, 0.29) is 10.9 Å². The van der Waals surface area contributed by atoms with Crippen LogP contribution in [0.2, 0.25) is 0 Å². The van der Waals surface area contributed by atoms with Crippen molar-refractivity contribution in [3.63, 3.8) is 0 Å². The van der Waals surface area contributed by atoms with Gasteiger partial charge in [0.15, 0.2) is 0 Å². The fourth-order valence-corrected chi connectivity index (χ4v) is 3.22. The number of amides is 2. The van der Waals surface area contributed by atoms with Gasteiger partial charge in [0, 0.05) is 6.04 Å². The van der Waals surface area contributed by atoms with Crippen molar-refractivity contribution in [1.82, 2.24) is 20.1 Å². The summed E-state index contributed by atoms with van der Waals surface area (Å²) in [5.74, 6) is -3.92. The Morgan fingerprint density at radius 1 is 1.32 bits per heavy atom. The molecule has 3 rings (SSSR count). The van der Waals surface area contributed by atoms with Crippen LogP contribution in [0.5, 0.6) is 0 Å². The second-order valence-corrected chi connectivity index (χ2v) is 12.2. The number of carbonyl (C=O) groups excluding carboxylic acids is 2. The number of alkyl halides is 2. The molecule has 1 aliphatic rings. The van der Waals surface area contributed by atoms with E-state index in [2.05, 4.69) is 43.1 Å². The van der Waals surface area contributed by atoms with E-state index in [1.807, 2.05) is 23.0 Å². The van der Waals surface area contributed by atoms with Crippen molar-refractivity contribution in [1.29, 1.82) is 4.78 Å². The minimum atomic E-state index is -2.91. The van der Waals surface area contributed by atoms with Gasteiger partial charge in [0.1, 0.15) is 0 Å². The van der Waals surface area contributed by atoms with Crippen LogP contribution >= 0.6 is 0 Å². The Morgan fingerprint density at radius 3 is 2.38 bits per heavy atom. The quantitative estimate of drug-likeness (QED) is 0.479. The van der Waals surface area contributed by atoms with Crippen molar-refractivity contribution >= 4 is 35.3 Å². The zero-order valence-electron chi connectivity index (χ0n) is 19.2. The Bertz CT molecular complexity index is 1080. The normalized spacial score (nSPS) is 14.5. The van der Waals surface area contributed by atoms with Crippen LogP contribution in [-0.2, 0) is 48.0 Å². The number of fused-ring (bicyclic) bond motifs is 1. The third-order valence-electron chi connectivity index (χ3n) is 4.75. The molecule has 7 nitrogen and oxygen atoms in total. The minimum absolute atomic E-state index is 0.251. The molecule has 0 radical (unpaired) electrons. The number of aromatic nitrogens is 1. The number of halogens is 3. The van der Waals surface area contributed by atoms with Crippen molar-refractivity contribution in [2.24, 2.45) is 0 Å². The Balaban J connectivity index is 0.000000489. The predicted octanol–water partition coefficient (Wildman–Crippen LogP) is 3.18. The fraction of sp³-hybridized carbons (Fsp3) is 0.429. The standard InChI is InChI=1S/C16H13F2N3O2.C5H13N.FHNS.V.W/c17-16(18)6-8-21(10-16)14(22)9-20-15(23)12-5-7-19-13-4-2-1-3-11(12)13;1-5(2)6(3)4;1-3-2;;/h1-5,7H,6,9-10H2,(H,20,23);5H,1-4H3;2H;;/q;;+1;;-2. The molecular formula is C21H27F3N5O2SVW-. The van der Waals surface area contributed by atoms with Crippen LogP contribution in [0.1, 0.15) is 30.6 Å². The van der Waals surface area contributed by atoms with Crippen LogP contribution in [0, 0.1) is 4.78 Å². The van der Waals surface area contributed by atoms with Crippen LogP contribution in [-0.4, -0.2) is 70.1 Å². The molecule has 34 heavy (non-hydrogen) atoms. The molecule has 187 valence electrons. The van der Waals surface area contributed by atoms with E-state index >= 15 is 0 Å². The molecule has 2 amide bonds. The number of para-hydroxylation sites is 1. The Kier molecular flexibility index (Phi) is 12.8. The van der Waals surface area contributed by atoms with Gasteiger partial charge in [-0.1, -0.05) is 0 Å². The summed E-state index contributed by atoms with van der Waals surface area (Å²) in [5.41, 5.74) is 1.05. The maximum atomic E-state index is 13.3. The molecule has 1 aromatic heterocycles. The molecular weight excluding hydrogens is 678 g/mol. The van der Waals surface area contributed by atoms with Gasteiger partial charge in [-0.15, -0.1) is 0 Å². The van der Waals surface area contributed by atoms with Gasteiger partial charge in [0.2, 0.25) is 0 Å². The van der Waals surface area contributed by atoms with Crippen molar-refractivity contribution in [3.8, 4) is 0 Å². The van der Waals surface area contributed by atoms with E-state index in [1.165, 1.54) is 6.20 Å². The van der Waals surface area contributed by atoms with Crippen LogP contribution < -0.4 is 5.32 Å². The summed E-state index contributed by atoms with van der Waals surface area (Å²) in [4.78, 5) is 31.7. The topological polar surface area (TPSA) is 89.4 Å². The molecule has 2 N–H and O–H groups in total. The molecule has 2 aromatic rings. The van der Waals surface area contributed by atoms with Crippen molar-refractivity contribution < 1.29 is 57.2 Å². The van der Waals surface area contributed by atoms with Crippen molar-refractivity contribution in [2.75, 3.05) is 27.2 Å². The van der Waals surface area contributed by atoms with Crippen molar-refractivity contribution in [3.05, 3.63) is 42.1 Å². The van der Waals surface area contributed by atoms with E-state index in [0.29, 0.717) is 40.5 Å². The number of rotatable bonds is 4. The molecule has 1 aromatic carbocycles. The van der Waals surface area contributed by atoms with Crippen molar-refractivity contribution in [2.45, 2.75) is 32.2 Å². The molecule has 0 saturated carbocycles. The molecule has 0 aliphatic carbocycles. The summed E-state index contributed by atoms with van der Waals surface area (Å²) in [7, 11) is 2.62. The number of pyridine rings is 1. The van der Waals surface area contributed by atoms with Gasteiger partial charge < -0.3 is 4.90 Å². The Labute approximate surface area is 218 Å². The summed E-state index contributed by atoms with van der Waals surface area (Å²) in [6.45, 7) is 3.34. The molecule has 13 heteroatoms. The van der Waals surface area contributed by atoms with E-state index < -0.39 is 39.0 Å². The first kappa shape index (κ1) is 30.6. The van der Waals surface area contributed by atoms with Gasteiger partial charge in [0.05, 0.1) is 0 Å². The fourth-order valence-electron chi connectivity index (χ4n) is 2.58. The van der Waals surface area contributed by atoms with E-state index in [9.17, 15) is 22.3 Å². The molecule has 0 bridgehead atoms. The summed E-state index contributed by atoms with van der Waals surface area (Å²) in [5, 5.41) is 3.16. The first-order chi connectivity index (χ1) is 15.7. The summed E-state index contributed by atoms with van der Waals surface area (Å²) in [6, 6.07) is 9.37. The average Bonchev–Trinajstić information content (AvgIpc) is 3.03. The number of hydrogen-bond donors (Lipinski definition) is 2. The number of nitrogens with one attached hydrogen (secondary N) is 2. The summed E-state index contributed by atoms with van der Waals surface area (Å²) in [6.07, 6.45) is 1.05. The van der Waals surface area contributed by atoms with Crippen LogP contribution in [0.15, 0.2) is 36.5 Å². The third-order valence-corrected chi connectivity index (χ3v) is 5.37. The third kappa shape index (κ3) is 10.5. The first-order valence-corrected chi connectivity index (χ1v) is 15.4. The Hall–Kier alpha value is -1.39. The first-order valence-electron chi connectivity index (χ1n) is 10.1. The van der Waals surface area contributed by atoms with E-state index in [1.54, 1.807) is 24.3 Å². The van der Waals surface area contributed by atoms with Crippen LogP contribution in [0.3, 0.4) is 0 Å². The van der Waals surface area contributed by atoms with Crippen LogP contribution in [0.4, 0.5) is 12.7 Å². The maximum absolute atomic E-state index is 13.3. The van der Waals surface area contributed by atoms with Gasteiger partial charge in [-0.05, 0) is 27.9 Å². The molecule has 1 aliphatic heterocycles. The van der Waals surface area contributed by atoms with E-state index in [0.717, 1.165) is 4.90 Å². The van der Waals surface area contributed by atoms with Gasteiger partial charge >= 0.3 is 180 Å². The Morgan fingerprint density at radius 2 is 1.88 bits per heavy atom. The second kappa shape index (κ2) is 14.2. The van der Waals surface area contributed by atoms with Gasteiger partial charge in [-0.2, -0.15) is 0 Å². The molecule has 1 saturated heterocycles. The summed E-state index contributed by atoms with van der Waals surface area (Å²) < 4.78 is 43.6. The molecule has 0 spiro atoms. The molecule has 1 fully saturated rings. The monoisotopic (exact) mass is 705 g/mol. The molecule has 0 unspecified atom stereocenters. The number of hydrogen-bond acceptors (Lipinski definition) is 6. The van der Waals surface area contributed by atoms with Crippen LogP contribution in [0.25, 0.3) is 10.9 Å². The number of nitrogens with zero attached hydrogens (tertiary/aromatic N) is 3. The number of benzene rings is 1. The zero-order chi connectivity index (χ0) is 26.1. The van der Waals surface area contributed by atoms with Gasteiger partial charge in [0.25, 0.3) is 0 Å². The second-order valence-electron chi connectivity index (χ2n) is 7.77. The van der Waals surface area contributed by atoms with E-state index in [4.69, 9.17) is 4.78 Å². The summed E-state index contributed by atoms with van der Waals surface area (Å²) >= 11 is 2.70. The average molecular weight is 705 g/mol. The number of carbonyl (C=O) groups is 2. The predicted molar refractivity (Wildman–Crippen MR) is 120 cm³/mol. The molecule has 2 heterocycles. The van der Waals surface area contributed by atoms with Gasteiger partial charge in [-0.3, -0.25) is 0 Å². The van der Waals surface area contributed by atoms with Gasteiger partial charge in [-0.25, -0.2) is 0 Å². The SMILES string of the molecule is CC(C)N(C)C.N=[S-](F)=[W].O=C(NCC(=O)N1CC(F)(F)C[C]1=[V])c1ccnc2ccccc12. The zero-order valence-corrected chi connectivity index (χ0v) is 24.4.